The van der Waals surface area contributed by atoms with Crippen LogP contribution in [0.2, 0.25) is 0 Å². The smallest absolute Gasteiger partial charge is 0.119 e. The van der Waals surface area contributed by atoms with Crippen molar-refractivity contribution >= 4 is 0 Å². The summed E-state index contributed by atoms with van der Waals surface area (Å²) in [6, 6.07) is 8.47. The molecule has 1 heterocycles. The number of morpholine rings is 1. The van der Waals surface area contributed by atoms with Gasteiger partial charge in [0.25, 0.3) is 0 Å². The first-order chi connectivity index (χ1) is 9.58. The van der Waals surface area contributed by atoms with Gasteiger partial charge in [-0.25, -0.2) is 0 Å². The molecule has 0 amide bonds. The SMILES string of the molecule is CCOc1cccc(C(CN)N2CCOCC2(C)C)c1. The molecule has 0 spiro atoms. The van der Waals surface area contributed by atoms with Crippen molar-refractivity contribution in [2.45, 2.75) is 32.4 Å². The van der Waals surface area contributed by atoms with E-state index in [0.29, 0.717) is 13.2 Å². The van der Waals surface area contributed by atoms with Crippen LogP contribution in [-0.4, -0.2) is 43.3 Å². The lowest BCUT2D eigenvalue weighted by Gasteiger charge is -2.46. The van der Waals surface area contributed by atoms with Crippen LogP contribution in [0.4, 0.5) is 0 Å². The molecular weight excluding hydrogens is 252 g/mol. The molecule has 0 bridgehead atoms. The molecule has 1 aliphatic heterocycles. The van der Waals surface area contributed by atoms with Crippen LogP contribution < -0.4 is 10.5 Å². The van der Waals surface area contributed by atoms with E-state index in [0.717, 1.165) is 25.5 Å². The minimum Gasteiger partial charge on any atom is -0.494 e. The molecule has 4 nitrogen and oxygen atoms in total. The first-order valence-corrected chi connectivity index (χ1v) is 7.36. The zero-order valence-electron chi connectivity index (χ0n) is 12.8. The number of ether oxygens (including phenoxy) is 2. The third-order valence-corrected chi connectivity index (χ3v) is 3.86. The fraction of sp³-hybridized carbons (Fsp3) is 0.625. The second-order valence-corrected chi connectivity index (χ2v) is 5.82. The maximum atomic E-state index is 6.06. The van der Waals surface area contributed by atoms with Gasteiger partial charge in [0.15, 0.2) is 0 Å². The van der Waals surface area contributed by atoms with Crippen LogP contribution in [0.1, 0.15) is 32.4 Å². The third kappa shape index (κ3) is 3.32. The quantitative estimate of drug-likeness (QED) is 0.897. The zero-order chi connectivity index (χ0) is 14.6. The van der Waals surface area contributed by atoms with Crippen LogP contribution in [0.15, 0.2) is 24.3 Å². The van der Waals surface area contributed by atoms with Crippen LogP contribution >= 0.6 is 0 Å². The van der Waals surface area contributed by atoms with Gasteiger partial charge in [-0.05, 0) is 38.5 Å². The van der Waals surface area contributed by atoms with Gasteiger partial charge in [0.05, 0.1) is 19.8 Å². The predicted molar refractivity (Wildman–Crippen MR) is 81.0 cm³/mol. The molecule has 2 rings (SSSR count). The van der Waals surface area contributed by atoms with Crippen molar-refractivity contribution in [1.82, 2.24) is 4.90 Å². The van der Waals surface area contributed by atoms with Gasteiger partial charge >= 0.3 is 0 Å². The number of rotatable bonds is 5. The van der Waals surface area contributed by atoms with E-state index in [1.54, 1.807) is 0 Å². The molecule has 1 aliphatic rings. The first-order valence-electron chi connectivity index (χ1n) is 7.36. The minimum atomic E-state index is 0.00387. The molecule has 112 valence electrons. The molecule has 1 aromatic rings. The van der Waals surface area contributed by atoms with Crippen molar-refractivity contribution in [2.75, 3.05) is 32.9 Å². The lowest BCUT2D eigenvalue weighted by atomic mass is 9.95. The molecular formula is C16H26N2O2. The predicted octanol–water partition coefficient (Wildman–Crippen LogP) is 2.20. The van der Waals surface area contributed by atoms with Gasteiger partial charge in [0, 0.05) is 24.7 Å². The molecule has 1 atom stereocenters. The van der Waals surface area contributed by atoms with Crippen LogP contribution in [0.3, 0.4) is 0 Å². The minimum absolute atomic E-state index is 0.00387. The standard InChI is InChI=1S/C16H26N2O2/c1-4-20-14-7-5-6-13(10-14)15(11-17)18-8-9-19-12-16(18,2)3/h5-7,10,15H,4,8-9,11-12,17H2,1-3H3. The van der Waals surface area contributed by atoms with E-state index >= 15 is 0 Å². The summed E-state index contributed by atoms with van der Waals surface area (Å²) in [6.07, 6.45) is 0. The Morgan fingerprint density at radius 2 is 2.25 bits per heavy atom. The Kier molecular flexibility index (Phi) is 5.02. The van der Waals surface area contributed by atoms with Gasteiger partial charge in [-0.3, -0.25) is 4.90 Å². The van der Waals surface area contributed by atoms with Crippen molar-refractivity contribution in [1.29, 1.82) is 0 Å². The Morgan fingerprint density at radius 3 is 2.90 bits per heavy atom. The highest BCUT2D eigenvalue weighted by Gasteiger charge is 2.35. The summed E-state index contributed by atoms with van der Waals surface area (Å²) < 4.78 is 11.2. The topological polar surface area (TPSA) is 47.7 Å². The van der Waals surface area contributed by atoms with E-state index in [1.165, 1.54) is 5.56 Å². The van der Waals surface area contributed by atoms with Gasteiger partial charge in [-0.1, -0.05) is 12.1 Å². The lowest BCUT2D eigenvalue weighted by Crippen LogP contribution is -2.55. The van der Waals surface area contributed by atoms with Gasteiger partial charge in [0.2, 0.25) is 0 Å². The van der Waals surface area contributed by atoms with Crippen molar-refractivity contribution in [3.63, 3.8) is 0 Å². The maximum absolute atomic E-state index is 6.06. The number of hydrogen-bond donors (Lipinski definition) is 1. The normalized spacial score (nSPS) is 20.6. The Morgan fingerprint density at radius 1 is 1.45 bits per heavy atom. The molecule has 2 N–H and O–H groups in total. The summed E-state index contributed by atoms with van der Waals surface area (Å²) >= 11 is 0. The van der Waals surface area contributed by atoms with Crippen molar-refractivity contribution in [3.8, 4) is 5.75 Å². The number of hydrogen-bond acceptors (Lipinski definition) is 4. The van der Waals surface area contributed by atoms with Gasteiger partial charge in [0.1, 0.15) is 5.75 Å². The van der Waals surface area contributed by atoms with Gasteiger partial charge in [-0.2, -0.15) is 0 Å². The molecule has 4 heteroatoms. The molecule has 20 heavy (non-hydrogen) atoms. The molecule has 1 fully saturated rings. The first kappa shape index (κ1) is 15.3. The van der Waals surface area contributed by atoms with Crippen LogP contribution in [-0.2, 0) is 4.74 Å². The third-order valence-electron chi connectivity index (χ3n) is 3.86. The molecule has 1 unspecified atom stereocenters. The van der Waals surface area contributed by atoms with Crippen LogP contribution in [0, 0.1) is 0 Å². The highest BCUT2D eigenvalue weighted by atomic mass is 16.5. The number of nitrogens with two attached hydrogens (primary N) is 1. The summed E-state index contributed by atoms with van der Waals surface area (Å²) in [5, 5.41) is 0. The van der Waals surface area contributed by atoms with Gasteiger partial charge in [-0.15, -0.1) is 0 Å². The highest BCUT2D eigenvalue weighted by Crippen LogP contribution is 2.31. The van der Waals surface area contributed by atoms with E-state index in [9.17, 15) is 0 Å². The van der Waals surface area contributed by atoms with E-state index in [-0.39, 0.29) is 11.6 Å². The largest absolute Gasteiger partial charge is 0.494 e. The summed E-state index contributed by atoms with van der Waals surface area (Å²) in [5.41, 5.74) is 7.28. The van der Waals surface area contributed by atoms with E-state index in [1.807, 2.05) is 19.1 Å². The monoisotopic (exact) mass is 278 g/mol. The van der Waals surface area contributed by atoms with E-state index in [4.69, 9.17) is 15.2 Å². The summed E-state index contributed by atoms with van der Waals surface area (Å²) in [4.78, 5) is 2.45. The Hall–Kier alpha value is -1.10. The summed E-state index contributed by atoms with van der Waals surface area (Å²) in [6.45, 7) is 10.1. The van der Waals surface area contributed by atoms with Crippen LogP contribution in [0.25, 0.3) is 0 Å². The molecule has 0 saturated carbocycles. The summed E-state index contributed by atoms with van der Waals surface area (Å²) in [5.74, 6) is 0.912. The molecule has 0 aromatic heterocycles. The Bertz CT molecular complexity index is 434. The molecule has 0 aliphatic carbocycles. The maximum Gasteiger partial charge on any atom is 0.119 e. The molecule has 0 radical (unpaired) electrons. The Balaban J connectivity index is 2.24. The lowest BCUT2D eigenvalue weighted by molar-refractivity contribution is -0.0713. The second kappa shape index (κ2) is 6.57. The fourth-order valence-corrected chi connectivity index (χ4v) is 2.87. The van der Waals surface area contributed by atoms with Crippen molar-refractivity contribution < 1.29 is 9.47 Å². The van der Waals surface area contributed by atoms with Gasteiger partial charge < -0.3 is 15.2 Å². The fourth-order valence-electron chi connectivity index (χ4n) is 2.87. The van der Waals surface area contributed by atoms with Crippen LogP contribution in [0.5, 0.6) is 5.75 Å². The number of nitrogens with zero attached hydrogens (tertiary/aromatic N) is 1. The van der Waals surface area contributed by atoms with Crippen molar-refractivity contribution in [2.24, 2.45) is 5.73 Å². The van der Waals surface area contributed by atoms with E-state index < -0.39 is 0 Å². The number of benzene rings is 1. The molecule has 1 aromatic carbocycles. The molecule has 1 saturated heterocycles. The second-order valence-electron chi connectivity index (χ2n) is 5.82. The van der Waals surface area contributed by atoms with E-state index in [2.05, 4.69) is 30.9 Å². The Labute approximate surface area is 121 Å². The highest BCUT2D eigenvalue weighted by molar-refractivity contribution is 5.31. The average Bonchev–Trinajstić information content (AvgIpc) is 2.42. The van der Waals surface area contributed by atoms with Crippen molar-refractivity contribution in [3.05, 3.63) is 29.8 Å². The summed E-state index contributed by atoms with van der Waals surface area (Å²) in [7, 11) is 0. The zero-order valence-corrected chi connectivity index (χ0v) is 12.8. The average molecular weight is 278 g/mol.